The van der Waals surface area contributed by atoms with Gasteiger partial charge in [-0.2, -0.15) is 0 Å². The van der Waals surface area contributed by atoms with Gasteiger partial charge < -0.3 is 52.6 Å². The summed E-state index contributed by atoms with van der Waals surface area (Å²) < 4.78 is 42.0. The monoisotopic (exact) mass is 998 g/mol. The molecule has 1 amide bonds. The van der Waals surface area contributed by atoms with Gasteiger partial charge in [-0.1, -0.05) is 105 Å². The Balaban J connectivity index is 0.000000212. The van der Waals surface area contributed by atoms with E-state index in [1.807, 2.05) is 113 Å². The lowest BCUT2D eigenvalue weighted by molar-refractivity contribution is -0.882. The lowest BCUT2D eigenvalue weighted by Gasteiger charge is -2.42. The zero-order chi connectivity index (χ0) is 52.2. The van der Waals surface area contributed by atoms with E-state index < -0.39 is 16.3 Å². The van der Waals surface area contributed by atoms with Crippen molar-refractivity contribution >= 4 is 34.6 Å². The highest BCUT2D eigenvalue weighted by Crippen LogP contribution is 2.29. The third-order valence-electron chi connectivity index (χ3n) is 12.1. The Bertz CT molecular complexity index is 2320. The molecule has 0 bridgehead atoms. The van der Waals surface area contributed by atoms with Gasteiger partial charge in [0.15, 0.2) is 5.82 Å². The molecule has 0 atom stereocenters. The number of methoxy groups -OCH3 is 3. The fourth-order valence-corrected chi connectivity index (χ4v) is 7.18. The molecule has 0 aliphatic carbocycles. The van der Waals surface area contributed by atoms with Gasteiger partial charge in [-0.15, -0.1) is 0 Å². The first-order valence-corrected chi connectivity index (χ1v) is 24.9. The van der Waals surface area contributed by atoms with E-state index in [9.17, 15) is 14.8 Å². The second kappa shape index (κ2) is 31.1. The summed E-state index contributed by atoms with van der Waals surface area (Å²) in [6.45, 7) is 15.9. The number of likely N-dealkylation sites (tertiary alicyclic amines) is 1. The first-order chi connectivity index (χ1) is 34.7. The minimum Gasteiger partial charge on any atom is -0.633 e. The van der Waals surface area contributed by atoms with Gasteiger partial charge in [0, 0.05) is 46.4 Å². The Hall–Kier alpha value is -5.56. The van der Waals surface area contributed by atoms with Crippen molar-refractivity contribution in [3.05, 3.63) is 126 Å². The van der Waals surface area contributed by atoms with Crippen LogP contribution in [0.25, 0.3) is 22.4 Å². The number of fused-ring (bicyclic) bond motifs is 2. The van der Waals surface area contributed by atoms with E-state index in [1.54, 1.807) is 4.57 Å². The molecule has 5 aromatic rings. The maximum Gasteiger partial charge on any atom is 0.420 e. The van der Waals surface area contributed by atoms with E-state index in [4.69, 9.17) is 37.9 Å². The molecule has 0 unspecified atom stereocenters. The van der Waals surface area contributed by atoms with Crippen LogP contribution in [0.2, 0.25) is 0 Å². The Morgan fingerprint density at radius 2 is 1.08 bits per heavy atom. The summed E-state index contributed by atoms with van der Waals surface area (Å²) in [4.78, 5) is 35.5. The van der Waals surface area contributed by atoms with Gasteiger partial charge in [-0.05, 0) is 89.1 Å². The predicted octanol–water partition coefficient (Wildman–Crippen LogP) is 11.2. The Kier molecular flexibility index (Phi) is 25.5. The van der Waals surface area contributed by atoms with Crippen molar-refractivity contribution in [2.24, 2.45) is 4.99 Å². The molecule has 1 aromatic heterocycles. The molecule has 394 valence electrons. The topological polar surface area (TPSA) is 164 Å². The van der Waals surface area contributed by atoms with Crippen LogP contribution in [0.3, 0.4) is 0 Å². The molecule has 2 aliphatic heterocycles. The number of benzene rings is 4. The SMILES string of the molecule is CCC(C)(C)OC(=O)N1CCCCC1.CCC(C)(C)OC(=O)n1c(-c2ccccc2)nc2ccccc21.COCOCC[N+]([O-])(CCOCOC)CCOCOC.c1ccc(C2=Nc3ccccc3C2)cc1. The van der Waals surface area contributed by atoms with Crippen LogP contribution in [-0.4, -0.2) is 142 Å². The Labute approximate surface area is 427 Å². The lowest BCUT2D eigenvalue weighted by Crippen LogP contribution is -2.49. The van der Waals surface area contributed by atoms with Crippen molar-refractivity contribution in [1.82, 2.24) is 14.5 Å². The predicted molar refractivity (Wildman–Crippen MR) is 282 cm³/mol. The van der Waals surface area contributed by atoms with Gasteiger partial charge in [-0.25, -0.2) is 19.1 Å². The first kappa shape index (κ1) is 59.0. The normalized spacial score (nSPS) is 13.4. The van der Waals surface area contributed by atoms with Crippen LogP contribution in [0.5, 0.6) is 0 Å². The van der Waals surface area contributed by atoms with E-state index in [1.165, 1.54) is 44.6 Å². The highest BCUT2D eigenvalue weighted by atomic mass is 16.7. The molecule has 0 spiro atoms. The molecular formula is C56H79N5O11. The van der Waals surface area contributed by atoms with Crippen LogP contribution in [0.15, 0.2) is 114 Å². The number of amides is 1. The summed E-state index contributed by atoms with van der Waals surface area (Å²) in [5.41, 5.74) is 6.43. The standard InChI is InChI=1S/C19H20N2O2.C14H11N.C12H27NO7.C11H21NO2/c1-4-19(2,3)23-18(22)21-16-13-9-8-12-15(16)20-17(21)14-10-6-5-7-11-14;1-2-6-11(7-3-1)14-10-12-8-4-5-9-13(12)15-14;1-15-10-18-7-4-13(14,5-8-19-11-16-2)6-9-20-12-17-3;1-4-11(2,3)14-10(13)12-8-6-5-7-9-12/h5-13H,4H2,1-3H3;1-9H,10H2;4-12H2,1-3H3;4-9H2,1-3H3. The fraction of sp³-hybridized carbons (Fsp3) is 0.500. The Morgan fingerprint density at radius 1 is 0.611 bits per heavy atom. The number of rotatable bonds is 21. The number of ether oxygens (including phenoxy) is 8. The van der Waals surface area contributed by atoms with Crippen LogP contribution in [0.1, 0.15) is 84.8 Å². The molecule has 2 aliphatic rings. The third-order valence-corrected chi connectivity index (χ3v) is 12.1. The molecular weight excluding hydrogens is 919 g/mol. The Morgan fingerprint density at radius 3 is 1.60 bits per heavy atom. The van der Waals surface area contributed by atoms with E-state index in [2.05, 4.69) is 52.4 Å². The van der Waals surface area contributed by atoms with Gasteiger partial charge in [0.05, 0.1) is 42.3 Å². The number of piperidine rings is 1. The number of para-hydroxylation sites is 3. The van der Waals surface area contributed by atoms with Crippen LogP contribution in [-0.2, 0) is 44.3 Å². The van der Waals surface area contributed by atoms with Crippen molar-refractivity contribution in [1.29, 1.82) is 0 Å². The molecule has 72 heavy (non-hydrogen) atoms. The molecule has 1 fully saturated rings. The molecule has 16 nitrogen and oxygen atoms in total. The minimum absolute atomic E-state index is 0.142. The van der Waals surface area contributed by atoms with Crippen molar-refractivity contribution in [2.45, 2.75) is 91.3 Å². The number of imidazole rings is 1. The summed E-state index contributed by atoms with van der Waals surface area (Å²) >= 11 is 0. The molecule has 7 rings (SSSR count). The number of hydrogen-bond donors (Lipinski definition) is 0. The summed E-state index contributed by atoms with van der Waals surface area (Å²) in [6.07, 6.45) is 5.48. The number of hydroxylamine groups is 3. The summed E-state index contributed by atoms with van der Waals surface area (Å²) in [5, 5.41) is 12.6. The van der Waals surface area contributed by atoms with Crippen LogP contribution < -0.4 is 0 Å². The van der Waals surface area contributed by atoms with Gasteiger partial charge in [-0.3, -0.25) is 4.99 Å². The van der Waals surface area contributed by atoms with Crippen molar-refractivity contribution in [3.8, 4) is 11.4 Å². The number of carbonyl (C=O) groups is 2. The zero-order valence-electron chi connectivity index (χ0n) is 44.1. The molecule has 4 aromatic carbocycles. The maximum atomic E-state index is 12.8. The van der Waals surface area contributed by atoms with Gasteiger partial charge in [0.2, 0.25) is 0 Å². The number of hydrogen-bond acceptors (Lipinski definition) is 13. The number of carbonyl (C=O) groups excluding carboxylic acids is 2. The second-order valence-electron chi connectivity index (χ2n) is 18.5. The summed E-state index contributed by atoms with van der Waals surface area (Å²) in [7, 11) is 4.61. The van der Waals surface area contributed by atoms with Gasteiger partial charge in [0.1, 0.15) is 51.2 Å². The molecule has 16 heteroatoms. The highest BCUT2D eigenvalue weighted by Gasteiger charge is 2.27. The largest absolute Gasteiger partial charge is 0.633 e. The average Bonchev–Trinajstić information content (AvgIpc) is 4.02. The molecule has 0 radical (unpaired) electrons. The number of aliphatic imine (C=N–C) groups is 1. The van der Waals surface area contributed by atoms with Gasteiger partial charge >= 0.3 is 12.2 Å². The number of quaternary nitrogens is 1. The van der Waals surface area contributed by atoms with Crippen molar-refractivity contribution < 1.29 is 52.1 Å². The van der Waals surface area contributed by atoms with E-state index in [0.29, 0.717) is 45.3 Å². The van der Waals surface area contributed by atoms with Crippen LogP contribution in [0, 0.1) is 5.21 Å². The molecule has 3 heterocycles. The second-order valence-corrected chi connectivity index (χ2v) is 18.5. The van der Waals surface area contributed by atoms with E-state index in [0.717, 1.165) is 67.5 Å². The van der Waals surface area contributed by atoms with E-state index in [-0.39, 0.29) is 32.1 Å². The highest BCUT2D eigenvalue weighted by molar-refractivity contribution is 6.06. The van der Waals surface area contributed by atoms with E-state index >= 15 is 0 Å². The fourth-order valence-electron chi connectivity index (χ4n) is 7.18. The average molecular weight is 998 g/mol. The minimum atomic E-state index is -0.517. The lowest BCUT2D eigenvalue weighted by atomic mass is 10.0. The van der Waals surface area contributed by atoms with Crippen LogP contribution >= 0.6 is 0 Å². The van der Waals surface area contributed by atoms with Crippen LogP contribution in [0.4, 0.5) is 15.3 Å². The van der Waals surface area contributed by atoms with Crippen molar-refractivity contribution in [2.75, 3.05) is 94.3 Å². The first-order valence-electron chi connectivity index (χ1n) is 24.9. The molecule has 0 saturated carbocycles. The smallest absolute Gasteiger partial charge is 0.420 e. The summed E-state index contributed by atoms with van der Waals surface area (Å²) in [6, 6.07) is 36.0. The third kappa shape index (κ3) is 20.2. The molecule has 0 N–H and O–H groups in total. The van der Waals surface area contributed by atoms with Crippen molar-refractivity contribution in [3.63, 3.8) is 0 Å². The zero-order valence-corrected chi connectivity index (χ0v) is 44.1. The molecule has 1 saturated heterocycles. The van der Waals surface area contributed by atoms with Gasteiger partial charge in [0.25, 0.3) is 0 Å². The maximum absolute atomic E-state index is 12.8. The number of aromatic nitrogens is 2. The quantitative estimate of drug-likeness (QED) is 0.0296. The summed E-state index contributed by atoms with van der Waals surface area (Å²) in [5.74, 6) is 0.601. The number of nitrogens with zero attached hydrogens (tertiary/aromatic N) is 5.